The Kier molecular flexibility index (Phi) is 4.16. The molecule has 1 aliphatic rings. The number of hydrogen-bond donors (Lipinski definition) is 0. The molecule has 4 rings (SSSR count). The SMILES string of the molecule is c1ccc(C2OCCOC2(c2ccccc2)c2ccccc2)cc1. The summed E-state index contributed by atoms with van der Waals surface area (Å²) in [4.78, 5) is 0. The van der Waals surface area contributed by atoms with E-state index in [1.807, 2.05) is 30.3 Å². The molecule has 0 aromatic heterocycles. The van der Waals surface area contributed by atoms with Crippen molar-refractivity contribution in [3.8, 4) is 0 Å². The second-order valence-corrected chi connectivity index (χ2v) is 5.98. The van der Waals surface area contributed by atoms with Crippen molar-refractivity contribution < 1.29 is 9.47 Å². The largest absolute Gasteiger partial charge is 0.367 e. The molecule has 0 saturated carbocycles. The van der Waals surface area contributed by atoms with Crippen LogP contribution in [0, 0.1) is 0 Å². The zero-order chi connectivity index (χ0) is 16.2. The van der Waals surface area contributed by atoms with Gasteiger partial charge in [0, 0.05) is 0 Å². The van der Waals surface area contributed by atoms with Crippen LogP contribution in [0.1, 0.15) is 22.8 Å². The first-order valence-corrected chi connectivity index (χ1v) is 8.33. The first-order valence-electron chi connectivity index (χ1n) is 8.33. The van der Waals surface area contributed by atoms with Gasteiger partial charge in [0.25, 0.3) is 0 Å². The van der Waals surface area contributed by atoms with Gasteiger partial charge in [-0.2, -0.15) is 0 Å². The van der Waals surface area contributed by atoms with E-state index in [0.29, 0.717) is 13.2 Å². The maximum atomic E-state index is 6.48. The molecule has 1 atom stereocenters. The minimum absolute atomic E-state index is 0.183. The quantitative estimate of drug-likeness (QED) is 0.696. The molecule has 1 aliphatic heterocycles. The second kappa shape index (κ2) is 6.60. The highest BCUT2D eigenvalue weighted by atomic mass is 16.6. The summed E-state index contributed by atoms with van der Waals surface area (Å²) in [6.07, 6.45) is -0.183. The summed E-state index contributed by atoms with van der Waals surface area (Å²) < 4.78 is 12.7. The minimum Gasteiger partial charge on any atom is -0.367 e. The van der Waals surface area contributed by atoms with Crippen molar-refractivity contribution in [2.45, 2.75) is 11.7 Å². The summed E-state index contributed by atoms with van der Waals surface area (Å²) in [5, 5.41) is 0. The maximum absolute atomic E-state index is 6.48. The van der Waals surface area contributed by atoms with Gasteiger partial charge in [-0.15, -0.1) is 0 Å². The number of hydrogen-bond acceptors (Lipinski definition) is 2. The van der Waals surface area contributed by atoms with E-state index in [9.17, 15) is 0 Å². The minimum atomic E-state index is -0.637. The van der Waals surface area contributed by atoms with E-state index >= 15 is 0 Å². The number of benzene rings is 3. The van der Waals surface area contributed by atoms with Crippen LogP contribution in [0.2, 0.25) is 0 Å². The highest BCUT2D eigenvalue weighted by molar-refractivity contribution is 5.41. The molecule has 0 aliphatic carbocycles. The molecule has 3 aromatic carbocycles. The van der Waals surface area contributed by atoms with Gasteiger partial charge in [-0.25, -0.2) is 0 Å². The van der Waals surface area contributed by atoms with E-state index in [4.69, 9.17) is 9.47 Å². The van der Waals surface area contributed by atoms with Crippen LogP contribution in [0.4, 0.5) is 0 Å². The first kappa shape index (κ1) is 15.1. The van der Waals surface area contributed by atoms with E-state index in [2.05, 4.69) is 60.7 Å². The molecule has 1 unspecified atom stereocenters. The van der Waals surface area contributed by atoms with Crippen LogP contribution in [-0.4, -0.2) is 13.2 Å². The van der Waals surface area contributed by atoms with Crippen LogP contribution < -0.4 is 0 Å². The van der Waals surface area contributed by atoms with Gasteiger partial charge in [-0.1, -0.05) is 91.0 Å². The van der Waals surface area contributed by atoms with Crippen LogP contribution in [0.25, 0.3) is 0 Å². The van der Waals surface area contributed by atoms with E-state index in [1.165, 1.54) is 0 Å². The van der Waals surface area contributed by atoms with Crippen molar-refractivity contribution >= 4 is 0 Å². The third kappa shape index (κ3) is 2.54. The van der Waals surface area contributed by atoms with Gasteiger partial charge >= 0.3 is 0 Å². The Hall–Kier alpha value is -2.42. The average molecular weight is 316 g/mol. The van der Waals surface area contributed by atoms with Crippen molar-refractivity contribution in [1.82, 2.24) is 0 Å². The molecule has 0 spiro atoms. The van der Waals surface area contributed by atoms with Crippen LogP contribution >= 0.6 is 0 Å². The first-order chi connectivity index (χ1) is 11.9. The van der Waals surface area contributed by atoms with Crippen molar-refractivity contribution in [1.29, 1.82) is 0 Å². The molecule has 3 aromatic rings. The molecule has 1 saturated heterocycles. The van der Waals surface area contributed by atoms with E-state index in [-0.39, 0.29) is 6.10 Å². The third-order valence-electron chi connectivity index (χ3n) is 4.57. The second-order valence-electron chi connectivity index (χ2n) is 5.98. The fourth-order valence-corrected chi connectivity index (χ4v) is 3.53. The summed E-state index contributed by atoms with van der Waals surface area (Å²) in [5.74, 6) is 0. The Balaban J connectivity index is 1.94. The van der Waals surface area contributed by atoms with Crippen molar-refractivity contribution in [3.05, 3.63) is 108 Å². The molecule has 0 amide bonds. The Bertz CT molecular complexity index is 729. The highest BCUT2D eigenvalue weighted by Gasteiger charge is 2.47. The molecule has 120 valence electrons. The molecule has 24 heavy (non-hydrogen) atoms. The van der Waals surface area contributed by atoms with Crippen LogP contribution in [0.3, 0.4) is 0 Å². The fraction of sp³-hybridized carbons (Fsp3) is 0.182. The lowest BCUT2D eigenvalue weighted by atomic mass is 9.78. The van der Waals surface area contributed by atoms with Crippen molar-refractivity contribution in [2.24, 2.45) is 0 Å². The molecule has 2 heteroatoms. The van der Waals surface area contributed by atoms with E-state index in [1.54, 1.807) is 0 Å². The zero-order valence-corrected chi connectivity index (χ0v) is 13.5. The van der Waals surface area contributed by atoms with Gasteiger partial charge in [-0.05, 0) is 16.7 Å². The lowest BCUT2D eigenvalue weighted by Crippen LogP contribution is -2.44. The molecule has 0 radical (unpaired) electrons. The van der Waals surface area contributed by atoms with Gasteiger partial charge in [-0.3, -0.25) is 0 Å². The van der Waals surface area contributed by atoms with E-state index in [0.717, 1.165) is 16.7 Å². The Morgan fingerprint density at radius 3 is 1.67 bits per heavy atom. The van der Waals surface area contributed by atoms with Gasteiger partial charge < -0.3 is 9.47 Å². The van der Waals surface area contributed by atoms with Gasteiger partial charge in [0.15, 0.2) is 0 Å². The Morgan fingerprint density at radius 1 is 0.625 bits per heavy atom. The monoisotopic (exact) mass is 316 g/mol. The molecule has 1 heterocycles. The van der Waals surface area contributed by atoms with Crippen molar-refractivity contribution in [2.75, 3.05) is 13.2 Å². The molecular formula is C22H20O2. The molecule has 2 nitrogen and oxygen atoms in total. The number of rotatable bonds is 3. The normalized spacial score (nSPS) is 19.8. The summed E-state index contributed by atoms with van der Waals surface area (Å²) >= 11 is 0. The topological polar surface area (TPSA) is 18.5 Å². The van der Waals surface area contributed by atoms with Gasteiger partial charge in [0.2, 0.25) is 0 Å². The summed E-state index contributed by atoms with van der Waals surface area (Å²) in [6.45, 7) is 1.17. The van der Waals surface area contributed by atoms with Crippen LogP contribution in [0.5, 0.6) is 0 Å². The molecular weight excluding hydrogens is 296 g/mol. The van der Waals surface area contributed by atoms with Crippen molar-refractivity contribution in [3.63, 3.8) is 0 Å². The average Bonchev–Trinajstić information content (AvgIpc) is 2.70. The highest BCUT2D eigenvalue weighted by Crippen LogP contribution is 2.48. The molecule has 1 fully saturated rings. The predicted molar refractivity (Wildman–Crippen MR) is 94.8 cm³/mol. The standard InChI is InChI=1S/C22H20O2/c1-4-10-18(11-5-1)21-22(24-17-16-23-21,19-12-6-2-7-13-19)20-14-8-3-9-15-20/h1-15,21H,16-17H2. The third-order valence-corrected chi connectivity index (χ3v) is 4.57. The van der Waals surface area contributed by atoms with E-state index < -0.39 is 5.60 Å². The van der Waals surface area contributed by atoms with Crippen LogP contribution in [-0.2, 0) is 15.1 Å². The molecule has 0 bridgehead atoms. The Morgan fingerprint density at radius 2 is 1.12 bits per heavy atom. The lowest BCUT2D eigenvalue weighted by Gasteiger charge is -2.44. The summed E-state index contributed by atoms with van der Waals surface area (Å²) in [5.41, 5.74) is 2.72. The van der Waals surface area contributed by atoms with Crippen LogP contribution in [0.15, 0.2) is 91.0 Å². The van der Waals surface area contributed by atoms with Gasteiger partial charge in [0.05, 0.1) is 13.2 Å². The fourth-order valence-electron chi connectivity index (χ4n) is 3.53. The van der Waals surface area contributed by atoms with Gasteiger partial charge in [0.1, 0.15) is 11.7 Å². The molecule has 0 N–H and O–H groups in total. The summed E-state index contributed by atoms with van der Waals surface area (Å²) in [6, 6.07) is 31.1. The zero-order valence-electron chi connectivity index (χ0n) is 13.5. The summed E-state index contributed by atoms with van der Waals surface area (Å²) in [7, 11) is 0. The number of ether oxygens (including phenoxy) is 2. The lowest BCUT2D eigenvalue weighted by molar-refractivity contribution is -0.192. The Labute approximate surface area is 142 Å². The predicted octanol–water partition coefficient (Wildman–Crippen LogP) is 4.72. The smallest absolute Gasteiger partial charge is 0.148 e. The maximum Gasteiger partial charge on any atom is 0.148 e.